The van der Waals surface area contributed by atoms with Gasteiger partial charge in [-0.25, -0.2) is 8.42 Å². The molecular formula is C29H33Cl2N3O4S. The number of hydrogen-bond donors (Lipinski definition) is 1. The molecule has 0 bridgehead atoms. The van der Waals surface area contributed by atoms with E-state index in [1.165, 1.54) is 23.1 Å². The SMILES string of the molecule is CC(C)(C)NC(=O)[C@@H](Cc1ccccc1)N(Cc1ccccc1)C(=O)CN(c1ccc(Cl)cc1Cl)S(C)(=O)=O. The van der Waals surface area contributed by atoms with E-state index in [-0.39, 0.29) is 29.6 Å². The Morgan fingerprint density at radius 3 is 1.97 bits per heavy atom. The van der Waals surface area contributed by atoms with E-state index < -0.39 is 34.1 Å². The molecule has 0 unspecified atom stereocenters. The molecule has 208 valence electrons. The second-order valence-electron chi connectivity index (χ2n) is 10.3. The van der Waals surface area contributed by atoms with E-state index in [1.807, 2.05) is 81.4 Å². The second kappa shape index (κ2) is 12.9. The fraction of sp³-hybridized carbons (Fsp3) is 0.310. The predicted octanol–water partition coefficient (Wildman–Crippen LogP) is 5.31. The summed E-state index contributed by atoms with van der Waals surface area (Å²) in [5.41, 5.74) is 1.22. The van der Waals surface area contributed by atoms with Crippen LogP contribution in [-0.4, -0.2) is 49.5 Å². The number of hydrogen-bond acceptors (Lipinski definition) is 4. The largest absolute Gasteiger partial charge is 0.350 e. The molecule has 2 amide bonds. The van der Waals surface area contributed by atoms with Crippen molar-refractivity contribution >= 4 is 50.7 Å². The number of carbonyl (C=O) groups is 2. The molecule has 0 saturated carbocycles. The Hall–Kier alpha value is -3.07. The first-order chi connectivity index (χ1) is 18.2. The summed E-state index contributed by atoms with van der Waals surface area (Å²) in [4.78, 5) is 29.1. The van der Waals surface area contributed by atoms with Gasteiger partial charge in [-0.15, -0.1) is 0 Å². The predicted molar refractivity (Wildman–Crippen MR) is 157 cm³/mol. The van der Waals surface area contributed by atoms with Crippen LogP contribution in [0.3, 0.4) is 0 Å². The van der Waals surface area contributed by atoms with Crippen molar-refractivity contribution in [1.29, 1.82) is 0 Å². The Balaban J connectivity index is 2.07. The molecule has 3 aromatic rings. The average molecular weight is 591 g/mol. The van der Waals surface area contributed by atoms with Crippen molar-refractivity contribution in [3.63, 3.8) is 0 Å². The van der Waals surface area contributed by atoms with Crippen LogP contribution in [0.5, 0.6) is 0 Å². The average Bonchev–Trinajstić information content (AvgIpc) is 2.84. The smallest absolute Gasteiger partial charge is 0.244 e. The lowest BCUT2D eigenvalue weighted by atomic mass is 10.0. The molecule has 1 N–H and O–H groups in total. The summed E-state index contributed by atoms with van der Waals surface area (Å²) in [7, 11) is -3.93. The number of amides is 2. The third-order valence-electron chi connectivity index (χ3n) is 5.82. The van der Waals surface area contributed by atoms with Gasteiger partial charge in [-0.2, -0.15) is 0 Å². The highest BCUT2D eigenvalue weighted by atomic mass is 35.5. The molecule has 0 aromatic heterocycles. The summed E-state index contributed by atoms with van der Waals surface area (Å²) in [6.07, 6.45) is 1.24. The highest BCUT2D eigenvalue weighted by molar-refractivity contribution is 7.92. The van der Waals surface area contributed by atoms with Crippen molar-refractivity contribution in [2.45, 2.75) is 45.3 Å². The number of halogens is 2. The molecule has 0 fully saturated rings. The van der Waals surface area contributed by atoms with E-state index >= 15 is 0 Å². The number of anilines is 1. The van der Waals surface area contributed by atoms with Crippen molar-refractivity contribution in [3.05, 3.63) is 100 Å². The molecule has 0 heterocycles. The molecule has 0 saturated heterocycles. The molecule has 0 spiro atoms. The van der Waals surface area contributed by atoms with Crippen LogP contribution in [0.25, 0.3) is 0 Å². The summed E-state index contributed by atoms with van der Waals surface area (Å²) in [5, 5.41) is 3.41. The lowest BCUT2D eigenvalue weighted by Gasteiger charge is -2.35. The van der Waals surface area contributed by atoms with Gasteiger partial charge in [-0.05, 0) is 50.1 Å². The van der Waals surface area contributed by atoms with E-state index in [4.69, 9.17) is 23.2 Å². The van der Waals surface area contributed by atoms with Crippen molar-refractivity contribution in [2.24, 2.45) is 0 Å². The summed E-state index contributed by atoms with van der Waals surface area (Å²) < 4.78 is 26.6. The van der Waals surface area contributed by atoms with Crippen LogP contribution in [0.4, 0.5) is 5.69 Å². The fourth-order valence-electron chi connectivity index (χ4n) is 4.07. The van der Waals surface area contributed by atoms with E-state index in [2.05, 4.69) is 5.32 Å². The van der Waals surface area contributed by atoms with Crippen molar-refractivity contribution < 1.29 is 18.0 Å². The molecule has 39 heavy (non-hydrogen) atoms. The van der Waals surface area contributed by atoms with Gasteiger partial charge in [0.2, 0.25) is 21.8 Å². The summed E-state index contributed by atoms with van der Waals surface area (Å²) in [5.74, 6) is -0.897. The van der Waals surface area contributed by atoms with E-state index in [0.717, 1.165) is 21.7 Å². The Kier molecular flexibility index (Phi) is 10.0. The normalized spacial score (nSPS) is 12.5. The lowest BCUT2D eigenvalue weighted by Crippen LogP contribution is -2.56. The van der Waals surface area contributed by atoms with Gasteiger partial charge in [-0.3, -0.25) is 13.9 Å². The fourth-order valence-corrected chi connectivity index (χ4v) is 5.49. The van der Waals surface area contributed by atoms with Crippen LogP contribution in [0, 0.1) is 0 Å². The molecule has 3 aromatic carbocycles. The van der Waals surface area contributed by atoms with Crippen LogP contribution in [0.2, 0.25) is 10.0 Å². The van der Waals surface area contributed by atoms with Gasteiger partial charge in [0.15, 0.2) is 0 Å². The quantitative estimate of drug-likeness (QED) is 0.347. The minimum Gasteiger partial charge on any atom is -0.350 e. The summed E-state index contributed by atoms with van der Waals surface area (Å²) in [6, 6.07) is 22.1. The number of nitrogens with zero attached hydrogens (tertiary/aromatic N) is 2. The molecule has 10 heteroatoms. The molecule has 0 aliphatic rings. The van der Waals surface area contributed by atoms with Gasteiger partial charge < -0.3 is 10.2 Å². The van der Waals surface area contributed by atoms with Crippen molar-refractivity contribution in [2.75, 3.05) is 17.1 Å². The maximum atomic E-state index is 14.0. The number of nitrogens with one attached hydrogen (secondary N) is 1. The first kappa shape index (κ1) is 30.5. The summed E-state index contributed by atoms with van der Waals surface area (Å²) in [6.45, 7) is 5.13. The maximum Gasteiger partial charge on any atom is 0.244 e. The van der Waals surface area contributed by atoms with Gasteiger partial charge in [0.1, 0.15) is 12.6 Å². The van der Waals surface area contributed by atoms with E-state index in [1.54, 1.807) is 0 Å². The molecule has 1 atom stereocenters. The van der Waals surface area contributed by atoms with Gasteiger partial charge in [0.05, 0.1) is 17.0 Å². The Labute approximate surface area is 240 Å². The number of carbonyl (C=O) groups excluding carboxylic acids is 2. The maximum absolute atomic E-state index is 14.0. The minimum absolute atomic E-state index is 0.0849. The highest BCUT2D eigenvalue weighted by Gasteiger charge is 2.34. The van der Waals surface area contributed by atoms with E-state index in [9.17, 15) is 18.0 Å². The number of benzene rings is 3. The topological polar surface area (TPSA) is 86.8 Å². The third-order valence-corrected chi connectivity index (χ3v) is 7.49. The van der Waals surface area contributed by atoms with Crippen LogP contribution < -0.4 is 9.62 Å². The Morgan fingerprint density at radius 2 is 1.46 bits per heavy atom. The number of sulfonamides is 1. The Bertz CT molecular complexity index is 1400. The molecule has 3 rings (SSSR count). The molecule has 0 aliphatic carbocycles. The third kappa shape index (κ3) is 8.98. The van der Waals surface area contributed by atoms with Crippen molar-refractivity contribution in [3.8, 4) is 0 Å². The Morgan fingerprint density at radius 1 is 0.897 bits per heavy atom. The first-order valence-electron chi connectivity index (χ1n) is 12.4. The zero-order valence-electron chi connectivity index (χ0n) is 22.4. The van der Waals surface area contributed by atoms with Gasteiger partial charge in [-0.1, -0.05) is 83.9 Å². The first-order valence-corrected chi connectivity index (χ1v) is 15.0. The van der Waals surface area contributed by atoms with Gasteiger partial charge in [0.25, 0.3) is 0 Å². The highest BCUT2D eigenvalue weighted by Crippen LogP contribution is 2.30. The number of rotatable bonds is 10. The monoisotopic (exact) mass is 589 g/mol. The van der Waals surface area contributed by atoms with Crippen LogP contribution >= 0.6 is 23.2 Å². The lowest BCUT2D eigenvalue weighted by molar-refractivity contribution is -0.140. The summed E-state index contributed by atoms with van der Waals surface area (Å²) >= 11 is 12.4. The van der Waals surface area contributed by atoms with Gasteiger partial charge >= 0.3 is 0 Å². The van der Waals surface area contributed by atoms with Crippen LogP contribution in [-0.2, 0) is 32.6 Å². The zero-order chi connectivity index (χ0) is 28.8. The van der Waals surface area contributed by atoms with Crippen LogP contribution in [0.1, 0.15) is 31.9 Å². The molecular weight excluding hydrogens is 557 g/mol. The van der Waals surface area contributed by atoms with E-state index in [0.29, 0.717) is 5.02 Å². The molecule has 0 aliphatic heterocycles. The molecule has 7 nitrogen and oxygen atoms in total. The van der Waals surface area contributed by atoms with Gasteiger partial charge in [0, 0.05) is 23.5 Å². The standard InChI is InChI=1S/C29H33Cl2N3O4S/c1-29(2,3)32-28(36)26(17-21-11-7-5-8-12-21)33(19-22-13-9-6-10-14-22)27(35)20-34(39(4,37)38)25-16-15-23(30)18-24(25)31/h5-16,18,26H,17,19-20H2,1-4H3,(H,32,36)/t26-/m1/s1. The zero-order valence-corrected chi connectivity index (χ0v) is 24.7. The van der Waals surface area contributed by atoms with Crippen molar-refractivity contribution in [1.82, 2.24) is 10.2 Å². The van der Waals surface area contributed by atoms with Crippen LogP contribution in [0.15, 0.2) is 78.9 Å². The molecule has 0 radical (unpaired) electrons. The second-order valence-corrected chi connectivity index (χ2v) is 13.1. The minimum atomic E-state index is -3.93.